The third kappa shape index (κ3) is 7.08. The van der Waals surface area contributed by atoms with Gasteiger partial charge >= 0.3 is 0 Å². The van der Waals surface area contributed by atoms with E-state index in [0.29, 0.717) is 36.6 Å². The molecule has 36 heavy (non-hydrogen) atoms. The van der Waals surface area contributed by atoms with Crippen LogP contribution in [0, 0.1) is 23.7 Å². The van der Waals surface area contributed by atoms with Gasteiger partial charge in [0.15, 0.2) is 0 Å². The fourth-order valence-corrected chi connectivity index (χ4v) is 4.02. The molecule has 0 unspecified atom stereocenters. The number of carbonyl (C=O) groups excluding carboxylic acids is 2. The number of carbonyl (C=O) groups is 2. The number of hydrogen-bond donors (Lipinski definition) is 1. The Morgan fingerprint density at radius 1 is 1.28 bits per heavy atom. The van der Waals surface area contributed by atoms with Gasteiger partial charge in [0, 0.05) is 37.7 Å². The Hall–Kier alpha value is -3.37. The van der Waals surface area contributed by atoms with E-state index in [2.05, 4.69) is 30.7 Å². The van der Waals surface area contributed by atoms with E-state index in [9.17, 15) is 14.7 Å². The molecule has 1 aliphatic heterocycles. The zero-order valence-corrected chi connectivity index (χ0v) is 21.9. The molecule has 0 spiro atoms. The van der Waals surface area contributed by atoms with Crippen molar-refractivity contribution < 1.29 is 19.4 Å². The highest BCUT2D eigenvalue weighted by molar-refractivity contribution is 5.97. The molecule has 192 valence electrons. The van der Waals surface area contributed by atoms with Crippen molar-refractivity contribution in [2.24, 2.45) is 11.8 Å². The van der Waals surface area contributed by atoms with E-state index in [-0.39, 0.29) is 42.4 Å². The van der Waals surface area contributed by atoms with Crippen LogP contribution in [0.25, 0.3) is 0 Å². The van der Waals surface area contributed by atoms with Gasteiger partial charge < -0.3 is 19.6 Å². The number of fused-ring (bicyclic) bond motifs is 1. The molecule has 2 amide bonds. The molecule has 0 bridgehead atoms. The molecule has 2 aromatic rings. The van der Waals surface area contributed by atoms with Gasteiger partial charge in [0.2, 0.25) is 11.8 Å². The van der Waals surface area contributed by atoms with Crippen molar-refractivity contribution in [2.75, 3.05) is 26.7 Å². The van der Waals surface area contributed by atoms with E-state index >= 15 is 0 Å². The van der Waals surface area contributed by atoms with Crippen molar-refractivity contribution in [1.29, 1.82) is 0 Å². The molecule has 1 aromatic heterocycles. The highest BCUT2D eigenvalue weighted by Crippen LogP contribution is 2.27. The minimum atomic E-state index is -0.389. The van der Waals surface area contributed by atoms with Crippen LogP contribution in [0.4, 0.5) is 0 Å². The third-order valence-electron chi connectivity index (χ3n) is 6.34. The molecule has 1 aliphatic rings. The van der Waals surface area contributed by atoms with Crippen molar-refractivity contribution in [3.05, 3.63) is 59.3 Å². The van der Waals surface area contributed by atoms with E-state index in [0.717, 1.165) is 12.0 Å². The molecular formula is C29H37N3O4. The SMILES string of the molecule is CC(C)CC#Cc1cnc2c(c1)C(=O)N([C@H](C)CO)C[C@@H](C)[C@@H](CN(C)C(=O)Cc1ccccc1)O2. The van der Waals surface area contributed by atoms with E-state index in [4.69, 9.17) is 4.74 Å². The van der Waals surface area contributed by atoms with Crippen LogP contribution >= 0.6 is 0 Å². The molecule has 7 heteroatoms. The van der Waals surface area contributed by atoms with Crippen molar-refractivity contribution in [3.8, 4) is 17.7 Å². The second-order valence-corrected chi connectivity index (χ2v) is 10.0. The number of likely N-dealkylation sites (N-methyl/N-ethyl adjacent to an activating group) is 1. The van der Waals surface area contributed by atoms with E-state index in [1.807, 2.05) is 44.2 Å². The number of hydrogen-bond acceptors (Lipinski definition) is 5. The van der Waals surface area contributed by atoms with Gasteiger partial charge in [0.1, 0.15) is 11.7 Å². The van der Waals surface area contributed by atoms with Crippen LogP contribution < -0.4 is 4.74 Å². The van der Waals surface area contributed by atoms with Gasteiger partial charge in [0.25, 0.3) is 5.91 Å². The van der Waals surface area contributed by atoms with Crippen LogP contribution in [0.15, 0.2) is 42.6 Å². The molecular weight excluding hydrogens is 454 g/mol. The normalized spacial score (nSPS) is 18.3. The number of pyridine rings is 1. The maximum atomic E-state index is 13.5. The van der Waals surface area contributed by atoms with Crippen LogP contribution in [-0.2, 0) is 11.2 Å². The summed E-state index contributed by atoms with van der Waals surface area (Å²) >= 11 is 0. The summed E-state index contributed by atoms with van der Waals surface area (Å²) in [4.78, 5) is 34.2. The lowest BCUT2D eigenvalue weighted by atomic mass is 9.99. The third-order valence-corrected chi connectivity index (χ3v) is 6.34. The summed E-state index contributed by atoms with van der Waals surface area (Å²) in [5.74, 6) is 6.54. The van der Waals surface area contributed by atoms with Gasteiger partial charge in [-0.05, 0) is 24.5 Å². The molecule has 0 aliphatic carbocycles. The van der Waals surface area contributed by atoms with Gasteiger partial charge in [-0.25, -0.2) is 4.98 Å². The average Bonchev–Trinajstić information content (AvgIpc) is 2.86. The van der Waals surface area contributed by atoms with Crippen molar-refractivity contribution >= 4 is 11.8 Å². The molecule has 0 saturated heterocycles. The number of amides is 2. The first kappa shape index (κ1) is 27.2. The first-order chi connectivity index (χ1) is 17.2. The fourth-order valence-electron chi connectivity index (χ4n) is 4.02. The molecule has 0 saturated carbocycles. The Kier molecular flexibility index (Phi) is 9.49. The Labute approximate surface area is 214 Å². The topological polar surface area (TPSA) is 83.0 Å². The van der Waals surface area contributed by atoms with Gasteiger partial charge in [0.05, 0.1) is 25.6 Å². The van der Waals surface area contributed by atoms with Gasteiger partial charge in [-0.1, -0.05) is 62.9 Å². The number of aromatic nitrogens is 1. The van der Waals surface area contributed by atoms with Crippen molar-refractivity contribution in [1.82, 2.24) is 14.8 Å². The number of nitrogens with zero attached hydrogens (tertiary/aromatic N) is 3. The summed E-state index contributed by atoms with van der Waals surface area (Å²) in [5, 5.41) is 9.83. The molecule has 0 radical (unpaired) electrons. The van der Waals surface area contributed by atoms with Crippen LogP contribution in [0.3, 0.4) is 0 Å². The number of aliphatic hydroxyl groups excluding tert-OH is 1. The number of rotatable bonds is 7. The molecule has 7 nitrogen and oxygen atoms in total. The fraction of sp³-hybridized carbons (Fsp3) is 0.483. The van der Waals surface area contributed by atoms with Crippen LogP contribution in [0.2, 0.25) is 0 Å². The highest BCUT2D eigenvalue weighted by Gasteiger charge is 2.34. The summed E-state index contributed by atoms with van der Waals surface area (Å²) in [5.41, 5.74) is 1.91. The lowest BCUT2D eigenvalue weighted by Gasteiger charge is -2.37. The van der Waals surface area contributed by atoms with E-state index in [1.165, 1.54) is 0 Å². The standard InChI is InChI=1S/C29H37N3O4/c1-20(2)10-9-13-24-14-25-28(30-16-24)36-26(21(3)17-32(29(25)35)22(4)19-33)18-31(5)27(34)15-23-11-7-6-8-12-23/h6-8,11-12,14,16,20-22,26,33H,10,15,17-19H2,1-5H3/t21-,22-,26-/m1/s1. The quantitative estimate of drug-likeness (QED) is 0.601. The summed E-state index contributed by atoms with van der Waals surface area (Å²) in [6, 6.07) is 11.0. The smallest absolute Gasteiger partial charge is 0.259 e. The Morgan fingerprint density at radius 3 is 2.67 bits per heavy atom. The molecule has 3 rings (SSSR count). The number of benzene rings is 1. The highest BCUT2D eigenvalue weighted by atomic mass is 16.5. The maximum absolute atomic E-state index is 13.5. The maximum Gasteiger partial charge on any atom is 0.259 e. The summed E-state index contributed by atoms with van der Waals surface area (Å²) in [6.45, 7) is 8.58. The molecule has 1 N–H and O–H groups in total. The van der Waals surface area contributed by atoms with Gasteiger partial charge in [-0.3, -0.25) is 9.59 Å². The zero-order chi connectivity index (χ0) is 26.2. The molecule has 3 atom stereocenters. The lowest BCUT2D eigenvalue weighted by Crippen LogP contribution is -2.50. The number of aliphatic hydroxyl groups is 1. The molecule has 2 heterocycles. The largest absolute Gasteiger partial charge is 0.472 e. The second kappa shape index (κ2) is 12.5. The molecule has 1 aromatic carbocycles. The first-order valence-electron chi connectivity index (χ1n) is 12.5. The van der Waals surface area contributed by atoms with Crippen LogP contribution in [0.5, 0.6) is 5.88 Å². The number of ether oxygens (including phenoxy) is 1. The Balaban J connectivity index is 1.87. The van der Waals surface area contributed by atoms with Crippen molar-refractivity contribution in [2.45, 2.75) is 52.7 Å². The summed E-state index contributed by atoms with van der Waals surface area (Å²) < 4.78 is 6.29. The monoisotopic (exact) mass is 491 g/mol. The van der Waals surface area contributed by atoms with Crippen LogP contribution in [0.1, 0.15) is 55.6 Å². The summed E-state index contributed by atoms with van der Waals surface area (Å²) in [6.07, 6.45) is 2.28. The Bertz CT molecular complexity index is 1110. The van der Waals surface area contributed by atoms with Crippen LogP contribution in [-0.4, -0.2) is 70.6 Å². The predicted molar refractivity (Wildman–Crippen MR) is 140 cm³/mol. The Morgan fingerprint density at radius 2 is 2.00 bits per heavy atom. The van der Waals surface area contributed by atoms with E-state index in [1.54, 1.807) is 29.1 Å². The first-order valence-corrected chi connectivity index (χ1v) is 12.5. The summed E-state index contributed by atoms with van der Waals surface area (Å²) in [7, 11) is 1.77. The minimum absolute atomic E-state index is 0.0142. The van der Waals surface area contributed by atoms with Gasteiger partial charge in [-0.2, -0.15) is 0 Å². The predicted octanol–water partition coefficient (Wildman–Crippen LogP) is 3.40. The lowest BCUT2D eigenvalue weighted by molar-refractivity contribution is -0.130. The van der Waals surface area contributed by atoms with E-state index < -0.39 is 0 Å². The minimum Gasteiger partial charge on any atom is -0.472 e. The second-order valence-electron chi connectivity index (χ2n) is 10.0. The van der Waals surface area contributed by atoms with Gasteiger partial charge in [-0.15, -0.1) is 0 Å². The zero-order valence-electron chi connectivity index (χ0n) is 21.9. The average molecular weight is 492 g/mol. The van der Waals surface area contributed by atoms with Crippen molar-refractivity contribution in [3.63, 3.8) is 0 Å². The molecule has 0 fully saturated rings.